The first-order chi connectivity index (χ1) is 14.3. The van der Waals surface area contributed by atoms with Crippen LogP contribution >= 0.6 is 0 Å². The summed E-state index contributed by atoms with van der Waals surface area (Å²) in [7, 11) is 0. The minimum Gasteiger partial charge on any atom is -0.314 e. The molecular formula is C23H17N5O. The van der Waals surface area contributed by atoms with Gasteiger partial charge in [-0.15, -0.1) is 0 Å². The Morgan fingerprint density at radius 2 is 1.59 bits per heavy atom. The van der Waals surface area contributed by atoms with E-state index in [0.29, 0.717) is 5.65 Å². The molecule has 0 aliphatic heterocycles. The van der Waals surface area contributed by atoms with E-state index >= 15 is 0 Å². The van der Waals surface area contributed by atoms with Crippen LogP contribution in [0.2, 0.25) is 0 Å². The fourth-order valence-corrected chi connectivity index (χ4v) is 3.44. The van der Waals surface area contributed by atoms with Crippen molar-refractivity contribution in [2.24, 2.45) is 5.10 Å². The Kier molecular flexibility index (Phi) is 4.22. The Morgan fingerprint density at radius 3 is 2.41 bits per heavy atom. The third-order valence-corrected chi connectivity index (χ3v) is 4.76. The first kappa shape index (κ1) is 17.1. The molecule has 3 aromatic carbocycles. The maximum atomic E-state index is 12.6. The number of amides is 1. The van der Waals surface area contributed by atoms with Gasteiger partial charge in [0.1, 0.15) is 12.1 Å². The lowest BCUT2D eigenvalue weighted by atomic mass is 10.2. The number of hydrogen-bond acceptors (Lipinski definition) is 4. The van der Waals surface area contributed by atoms with Crippen LogP contribution in [0.1, 0.15) is 5.56 Å². The van der Waals surface area contributed by atoms with Crippen LogP contribution < -0.4 is 5.43 Å². The number of benzene rings is 3. The number of hydrazone groups is 1. The van der Waals surface area contributed by atoms with Gasteiger partial charge in [-0.2, -0.15) is 5.10 Å². The predicted molar refractivity (Wildman–Crippen MR) is 115 cm³/mol. The highest BCUT2D eigenvalue weighted by Gasteiger charge is 2.16. The molecule has 1 N–H and O–H groups in total. The van der Waals surface area contributed by atoms with E-state index < -0.39 is 0 Å². The number of rotatable bonds is 4. The first-order valence-corrected chi connectivity index (χ1v) is 9.30. The molecule has 6 heteroatoms. The molecule has 0 saturated carbocycles. The summed E-state index contributed by atoms with van der Waals surface area (Å²) in [6.45, 7) is 0.100. The standard InChI is InChI=1S/C23H17N5O/c29-21(27-24-14-16-8-2-1-3-9-16)15-28-20-13-7-4-10-17(20)22-23(28)26-19-12-6-5-11-18(19)25-22/h1-14H,15H2,(H,27,29)/b24-14+. The number of nitrogens with zero attached hydrogens (tertiary/aromatic N) is 4. The molecule has 2 aromatic heterocycles. The van der Waals surface area contributed by atoms with Crippen LogP contribution in [0.15, 0.2) is 84.0 Å². The quantitative estimate of drug-likeness (QED) is 0.380. The average molecular weight is 379 g/mol. The van der Waals surface area contributed by atoms with Gasteiger partial charge in [0.15, 0.2) is 5.65 Å². The fraction of sp³-hybridized carbons (Fsp3) is 0.0435. The predicted octanol–water partition coefficient (Wildman–Crippen LogP) is 3.89. The highest BCUT2D eigenvalue weighted by atomic mass is 16.2. The molecule has 140 valence electrons. The van der Waals surface area contributed by atoms with Crippen molar-refractivity contribution in [1.29, 1.82) is 0 Å². The number of carbonyl (C=O) groups excluding carboxylic acids is 1. The molecule has 0 spiro atoms. The first-order valence-electron chi connectivity index (χ1n) is 9.30. The van der Waals surface area contributed by atoms with Gasteiger partial charge >= 0.3 is 0 Å². The van der Waals surface area contributed by atoms with E-state index in [1.165, 1.54) is 0 Å². The lowest BCUT2D eigenvalue weighted by Gasteiger charge is -2.06. The number of carbonyl (C=O) groups is 1. The summed E-state index contributed by atoms with van der Waals surface area (Å²) >= 11 is 0. The number of hydrogen-bond donors (Lipinski definition) is 1. The molecule has 5 rings (SSSR count). The summed E-state index contributed by atoms with van der Waals surface area (Å²) in [6.07, 6.45) is 1.62. The Morgan fingerprint density at radius 1 is 0.897 bits per heavy atom. The second-order valence-corrected chi connectivity index (χ2v) is 6.69. The van der Waals surface area contributed by atoms with Crippen LogP contribution in [0.3, 0.4) is 0 Å². The van der Waals surface area contributed by atoms with Crippen LogP contribution in [0.25, 0.3) is 33.1 Å². The molecule has 0 aliphatic carbocycles. The molecule has 5 aromatic rings. The maximum Gasteiger partial charge on any atom is 0.260 e. The molecule has 0 atom stereocenters. The van der Waals surface area contributed by atoms with E-state index in [-0.39, 0.29) is 12.5 Å². The van der Waals surface area contributed by atoms with Crippen LogP contribution in [0.5, 0.6) is 0 Å². The number of aromatic nitrogens is 3. The summed E-state index contributed by atoms with van der Waals surface area (Å²) < 4.78 is 1.89. The smallest absolute Gasteiger partial charge is 0.260 e. The third kappa shape index (κ3) is 3.21. The summed E-state index contributed by atoms with van der Waals surface area (Å²) in [6, 6.07) is 25.3. The van der Waals surface area contributed by atoms with E-state index in [1.54, 1.807) is 6.21 Å². The van der Waals surface area contributed by atoms with E-state index in [1.807, 2.05) is 83.4 Å². The Bertz CT molecular complexity index is 1370. The highest BCUT2D eigenvalue weighted by molar-refractivity contribution is 6.07. The van der Waals surface area contributed by atoms with Crippen LogP contribution in [0.4, 0.5) is 0 Å². The van der Waals surface area contributed by atoms with Crippen molar-refractivity contribution in [3.63, 3.8) is 0 Å². The molecule has 29 heavy (non-hydrogen) atoms. The van der Waals surface area contributed by atoms with Crippen molar-refractivity contribution in [3.8, 4) is 0 Å². The lowest BCUT2D eigenvalue weighted by Crippen LogP contribution is -2.23. The van der Waals surface area contributed by atoms with Crippen molar-refractivity contribution in [3.05, 3.63) is 84.4 Å². The van der Waals surface area contributed by atoms with Crippen molar-refractivity contribution >= 4 is 45.2 Å². The lowest BCUT2D eigenvalue weighted by molar-refractivity contribution is -0.121. The zero-order chi connectivity index (χ0) is 19.6. The number of fused-ring (bicyclic) bond motifs is 4. The summed E-state index contributed by atoms with van der Waals surface area (Å²) in [5.41, 5.74) is 7.54. The second-order valence-electron chi connectivity index (χ2n) is 6.69. The van der Waals surface area contributed by atoms with Crippen LogP contribution in [-0.2, 0) is 11.3 Å². The van der Waals surface area contributed by atoms with Gasteiger partial charge in [0.2, 0.25) is 0 Å². The van der Waals surface area contributed by atoms with Crippen LogP contribution in [-0.4, -0.2) is 26.7 Å². The maximum absolute atomic E-state index is 12.6. The summed E-state index contributed by atoms with van der Waals surface area (Å²) in [5, 5.41) is 5.03. The topological polar surface area (TPSA) is 72.2 Å². The second kappa shape index (κ2) is 7.16. The monoisotopic (exact) mass is 379 g/mol. The number of para-hydroxylation sites is 3. The fourth-order valence-electron chi connectivity index (χ4n) is 3.44. The molecule has 6 nitrogen and oxygen atoms in total. The molecule has 0 saturated heterocycles. The largest absolute Gasteiger partial charge is 0.314 e. The van der Waals surface area contributed by atoms with Crippen molar-refractivity contribution in [2.75, 3.05) is 0 Å². The number of nitrogens with one attached hydrogen (secondary N) is 1. The Balaban J connectivity index is 1.52. The van der Waals surface area contributed by atoms with Gasteiger partial charge in [0, 0.05) is 5.39 Å². The van der Waals surface area contributed by atoms with Gasteiger partial charge < -0.3 is 4.57 Å². The van der Waals surface area contributed by atoms with Crippen molar-refractivity contribution < 1.29 is 4.79 Å². The zero-order valence-corrected chi connectivity index (χ0v) is 15.5. The molecule has 2 heterocycles. The van der Waals surface area contributed by atoms with E-state index in [2.05, 4.69) is 10.5 Å². The van der Waals surface area contributed by atoms with Crippen molar-refractivity contribution in [2.45, 2.75) is 6.54 Å². The van der Waals surface area contributed by atoms with Gasteiger partial charge in [-0.05, 0) is 23.8 Å². The average Bonchev–Trinajstić information content (AvgIpc) is 3.06. The zero-order valence-electron chi connectivity index (χ0n) is 15.5. The summed E-state index contributed by atoms with van der Waals surface area (Å²) in [5.74, 6) is -0.227. The van der Waals surface area contributed by atoms with Gasteiger partial charge in [-0.1, -0.05) is 60.7 Å². The van der Waals surface area contributed by atoms with Gasteiger partial charge in [-0.25, -0.2) is 15.4 Å². The van der Waals surface area contributed by atoms with E-state index in [4.69, 9.17) is 9.97 Å². The minimum atomic E-state index is -0.227. The minimum absolute atomic E-state index is 0.100. The molecule has 0 aliphatic rings. The molecule has 0 bridgehead atoms. The van der Waals surface area contributed by atoms with Gasteiger partial charge in [0.05, 0.1) is 22.8 Å². The SMILES string of the molecule is O=C(Cn1c2ccccc2c2nc3ccccc3nc21)N/N=C/c1ccccc1. The van der Waals surface area contributed by atoms with Crippen molar-refractivity contribution in [1.82, 2.24) is 20.0 Å². The van der Waals surface area contributed by atoms with Crippen LogP contribution in [0, 0.1) is 0 Å². The summed E-state index contributed by atoms with van der Waals surface area (Å²) in [4.78, 5) is 22.1. The molecule has 0 fully saturated rings. The molecule has 0 unspecified atom stereocenters. The Hall–Kier alpha value is -4.06. The molecule has 1 amide bonds. The Labute approximate surface area is 166 Å². The molecular weight excluding hydrogens is 362 g/mol. The van der Waals surface area contributed by atoms with E-state index in [0.717, 1.165) is 33.0 Å². The van der Waals surface area contributed by atoms with Gasteiger partial charge in [0.25, 0.3) is 5.91 Å². The highest BCUT2D eigenvalue weighted by Crippen LogP contribution is 2.27. The third-order valence-electron chi connectivity index (χ3n) is 4.76. The van der Waals surface area contributed by atoms with E-state index in [9.17, 15) is 4.79 Å². The molecule has 0 radical (unpaired) electrons. The van der Waals surface area contributed by atoms with Gasteiger partial charge in [-0.3, -0.25) is 4.79 Å². The normalized spacial score (nSPS) is 11.6.